The zero-order valence-corrected chi connectivity index (χ0v) is 41.1. The monoisotopic (exact) mass is 953 g/mol. The van der Waals surface area contributed by atoms with Crippen LogP contribution in [0.4, 0.5) is 21.6 Å². The van der Waals surface area contributed by atoms with Gasteiger partial charge in [-0.3, -0.25) is 44.3 Å². The van der Waals surface area contributed by atoms with Gasteiger partial charge in [0.2, 0.25) is 5.91 Å². The summed E-state index contributed by atoms with van der Waals surface area (Å²) in [5, 5.41) is 12.6. The Bertz CT molecular complexity index is 2670. The van der Waals surface area contributed by atoms with Gasteiger partial charge >= 0.3 is 0 Å². The first-order chi connectivity index (χ1) is 31.7. The van der Waals surface area contributed by atoms with E-state index in [2.05, 4.69) is 36.2 Å². The largest absolute Gasteiger partial charge is 0.366 e. The second-order valence-corrected chi connectivity index (χ2v) is 19.4. The Hall–Kier alpha value is -6.68. The van der Waals surface area contributed by atoms with Crippen molar-refractivity contribution < 1.29 is 28.8 Å². The van der Waals surface area contributed by atoms with Crippen molar-refractivity contribution in [3.63, 3.8) is 0 Å². The van der Waals surface area contributed by atoms with Gasteiger partial charge in [-0.1, -0.05) is 27.7 Å². The average molecular weight is 954 g/mol. The number of thiazole rings is 2. The summed E-state index contributed by atoms with van der Waals surface area (Å²) in [5.41, 5.74) is 7.95. The predicted molar refractivity (Wildman–Crippen MR) is 263 cm³/mol. The number of carbonyl (C=O) groups is 6. The summed E-state index contributed by atoms with van der Waals surface area (Å²) in [5.74, 6) is -2.95. The standard InChI is InChI=1S/C46H59N13O6S2/c1-25(2)37-35(42(63)48-15-11-17-55(5)6)51-45(66-37)53-40(61)33-21-29(23-57(33)9)59(44(65)32-20-28-19-27(39(47)60)13-14-31(28)50-32)30-22-34(58(10)24-30)41(62)54-46-52-36(38(67-46)26(3)4)43(64)49-16-12-18-56(7)8/h13-14,19-26,50H,11-12,15-18H2,1-10H3,(H2,47,60)(H,48,63)(H,49,64)(H,51,53,61)(H,52,54,62). The Morgan fingerprint density at radius 1 is 0.687 bits per heavy atom. The fraction of sp³-hybridized carbons (Fsp3) is 0.391. The molecule has 0 atom stereocenters. The third kappa shape index (κ3) is 11.8. The fourth-order valence-electron chi connectivity index (χ4n) is 7.26. The molecule has 5 aromatic heterocycles. The highest BCUT2D eigenvalue weighted by Gasteiger charge is 2.29. The van der Waals surface area contributed by atoms with E-state index in [4.69, 9.17) is 5.73 Å². The third-order valence-corrected chi connectivity index (χ3v) is 13.2. The number of rotatable bonds is 20. The van der Waals surface area contributed by atoms with Gasteiger partial charge in [-0.2, -0.15) is 0 Å². The normalized spacial score (nSPS) is 11.6. The van der Waals surface area contributed by atoms with Crippen LogP contribution in [0.3, 0.4) is 0 Å². The molecule has 6 aromatic rings. The van der Waals surface area contributed by atoms with E-state index in [1.54, 1.807) is 72.0 Å². The van der Waals surface area contributed by atoms with Crippen molar-refractivity contribution in [2.45, 2.75) is 52.4 Å². The van der Waals surface area contributed by atoms with E-state index in [9.17, 15) is 28.8 Å². The van der Waals surface area contributed by atoms with Crippen LogP contribution in [0.2, 0.25) is 0 Å². The number of hydrogen-bond acceptors (Lipinski definition) is 12. The van der Waals surface area contributed by atoms with Gasteiger partial charge in [0.05, 0.1) is 11.4 Å². The molecule has 0 saturated heterocycles. The van der Waals surface area contributed by atoms with Gasteiger partial charge in [-0.25, -0.2) is 9.97 Å². The summed E-state index contributed by atoms with van der Waals surface area (Å²) in [4.78, 5) is 100. The fourth-order valence-corrected chi connectivity index (χ4v) is 9.18. The van der Waals surface area contributed by atoms with Crippen molar-refractivity contribution >= 4 is 90.7 Å². The van der Waals surface area contributed by atoms with Crippen LogP contribution < -0.4 is 31.9 Å². The van der Waals surface area contributed by atoms with Crippen LogP contribution in [-0.4, -0.2) is 124 Å². The molecule has 0 unspecified atom stereocenters. The molecule has 67 heavy (non-hydrogen) atoms. The molecule has 0 radical (unpaired) electrons. The van der Waals surface area contributed by atoms with E-state index < -0.39 is 23.6 Å². The second-order valence-electron chi connectivity index (χ2n) is 17.4. The lowest BCUT2D eigenvalue weighted by Crippen LogP contribution is -2.28. The number of H-pyrrole nitrogens is 1. The maximum atomic E-state index is 14.8. The number of benzene rings is 1. The quantitative estimate of drug-likeness (QED) is 0.0492. The molecule has 7 N–H and O–H groups in total. The van der Waals surface area contributed by atoms with Gasteiger partial charge in [0.1, 0.15) is 28.5 Å². The summed E-state index contributed by atoms with van der Waals surface area (Å²) in [7, 11) is 11.2. The van der Waals surface area contributed by atoms with E-state index in [-0.39, 0.29) is 79.3 Å². The summed E-state index contributed by atoms with van der Waals surface area (Å²) >= 11 is 2.44. The third-order valence-electron chi connectivity index (χ3n) is 10.7. The summed E-state index contributed by atoms with van der Waals surface area (Å²) in [6.07, 6.45) is 4.74. The number of nitrogens with one attached hydrogen (secondary N) is 5. The molecule has 5 heterocycles. The molecule has 19 nitrogen and oxygen atoms in total. The molecule has 0 saturated carbocycles. The zero-order valence-electron chi connectivity index (χ0n) is 39.5. The van der Waals surface area contributed by atoms with E-state index in [1.807, 2.05) is 65.7 Å². The molecule has 21 heteroatoms. The number of amides is 6. The number of aromatic nitrogens is 5. The molecule has 0 aliphatic carbocycles. The highest BCUT2D eigenvalue weighted by Crippen LogP contribution is 2.35. The van der Waals surface area contributed by atoms with Crippen molar-refractivity contribution in [2.24, 2.45) is 19.8 Å². The minimum absolute atomic E-state index is 0.0390. The molecule has 0 spiro atoms. The average Bonchev–Trinajstić information content (AvgIpc) is 4.11. The SMILES string of the molecule is CC(C)c1sc(NC(=O)c2cc(N(C(=O)c3cc4cc(C(N)=O)ccc4[nH]3)c3cc(C(=O)Nc4nc(C(=O)NCCCN(C)C)c(C(C)C)s4)n(C)c3)cn2C)nc1C(=O)NCCCN(C)C. The Morgan fingerprint density at radius 3 is 1.57 bits per heavy atom. The minimum Gasteiger partial charge on any atom is -0.366 e. The smallest absolute Gasteiger partial charge is 0.279 e. The molecule has 0 fully saturated rings. The van der Waals surface area contributed by atoms with Crippen LogP contribution in [0.5, 0.6) is 0 Å². The zero-order chi connectivity index (χ0) is 48.9. The number of primary amides is 1. The van der Waals surface area contributed by atoms with Crippen molar-refractivity contribution in [1.82, 2.24) is 44.5 Å². The van der Waals surface area contributed by atoms with Gasteiger partial charge in [0.25, 0.3) is 29.5 Å². The van der Waals surface area contributed by atoms with Crippen molar-refractivity contribution in [1.29, 1.82) is 0 Å². The van der Waals surface area contributed by atoms with E-state index in [1.165, 1.54) is 27.6 Å². The lowest BCUT2D eigenvalue weighted by molar-refractivity contribution is 0.0938. The molecule has 1 aromatic carbocycles. The maximum Gasteiger partial charge on any atom is 0.279 e. The molecule has 356 valence electrons. The second kappa shape index (κ2) is 21.3. The minimum atomic E-state index is -0.621. The Morgan fingerprint density at radius 2 is 1.15 bits per heavy atom. The first-order valence-corrected chi connectivity index (χ1v) is 23.4. The Labute approximate surface area is 397 Å². The number of anilines is 4. The van der Waals surface area contributed by atoms with E-state index in [0.717, 1.165) is 35.7 Å². The number of nitrogens with zero attached hydrogens (tertiary/aromatic N) is 7. The van der Waals surface area contributed by atoms with E-state index in [0.29, 0.717) is 24.0 Å². The number of fused-ring (bicyclic) bond motifs is 1. The Balaban J connectivity index is 1.31. The molecular formula is C46H59N13O6S2. The molecule has 0 bridgehead atoms. The van der Waals surface area contributed by atoms with Gasteiger partial charge in [-0.05, 0) is 102 Å². The first-order valence-electron chi connectivity index (χ1n) is 21.8. The lowest BCUT2D eigenvalue weighted by atomic mass is 10.1. The Kier molecular flexibility index (Phi) is 15.8. The van der Waals surface area contributed by atoms with Crippen LogP contribution in [0.15, 0.2) is 48.8 Å². The molecule has 6 rings (SSSR count). The summed E-state index contributed by atoms with van der Waals surface area (Å²) in [6.45, 7) is 10.4. The maximum absolute atomic E-state index is 14.8. The van der Waals surface area contributed by atoms with E-state index >= 15 is 0 Å². The number of nitrogens with two attached hydrogens (primary N) is 1. The van der Waals surface area contributed by atoms with Crippen molar-refractivity contribution in [2.75, 3.05) is 69.9 Å². The topological polar surface area (TPSA) is 238 Å². The van der Waals surface area contributed by atoms with Gasteiger partial charge < -0.3 is 40.3 Å². The van der Waals surface area contributed by atoms with Gasteiger partial charge in [0, 0.05) is 65.8 Å². The number of aryl methyl sites for hydroxylation is 2. The van der Waals surface area contributed by atoms with Crippen molar-refractivity contribution in [3.05, 3.63) is 92.6 Å². The number of carbonyl (C=O) groups excluding carboxylic acids is 6. The highest BCUT2D eigenvalue weighted by molar-refractivity contribution is 7.16. The highest BCUT2D eigenvalue weighted by atomic mass is 32.1. The van der Waals surface area contributed by atoms with Gasteiger partial charge in [0.15, 0.2) is 10.3 Å². The predicted octanol–water partition coefficient (Wildman–Crippen LogP) is 5.95. The van der Waals surface area contributed by atoms with Crippen LogP contribution in [-0.2, 0) is 14.1 Å². The molecule has 6 amide bonds. The number of hydrogen-bond donors (Lipinski definition) is 6. The first kappa shape index (κ1) is 49.7. The van der Waals surface area contributed by atoms with Crippen molar-refractivity contribution in [3.8, 4) is 0 Å². The molecule has 0 aliphatic rings. The van der Waals surface area contributed by atoms with Crippen LogP contribution in [0.25, 0.3) is 10.9 Å². The van der Waals surface area contributed by atoms with Crippen LogP contribution in [0, 0.1) is 0 Å². The molecule has 0 aliphatic heterocycles. The van der Waals surface area contributed by atoms with Crippen LogP contribution >= 0.6 is 22.7 Å². The van der Waals surface area contributed by atoms with Gasteiger partial charge in [-0.15, -0.1) is 22.7 Å². The molecular weight excluding hydrogens is 895 g/mol. The van der Waals surface area contributed by atoms with Crippen LogP contribution in [0.1, 0.15) is 125 Å². The number of aromatic amines is 1. The summed E-state index contributed by atoms with van der Waals surface area (Å²) < 4.78 is 3.12. The lowest BCUT2D eigenvalue weighted by Gasteiger charge is -2.19. The summed E-state index contributed by atoms with van der Waals surface area (Å²) in [6, 6.07) is 9.47.